The van der Waals surface area contributed by atoms with Crippen LogP contribution < -0.4 is 10.1 Å². The number of ether oxygens (including phenoxy) is 1. The number of nitrogens with one attached hydrogen (secondary N) is 1. The minimum Gasteiger partial charge on any atom is -0.491 e. The maximum atomic E-state index is 13.2. The van der Waals surface area contributed by atoms with Crippen molar-refractivity contribution in [3.8, 4) is 5.75 Å². The van der Waals surface area contributed by atoms with E-state index in [-0.39, 0.29) is 29.8 Å². The number of halogens is 4. The molecule has 1 atom stereocenters. The first-order valence-corrected chi connectivity index (χ1v) is 9.97. The highest BCUT2D eigenvalue weighted by Gasteiger charge is 2.44. The van der Waals surface area contributed by atoms with Crippen LogP contribution in [0.25, 0.3) is 0 Å². The Kier molecular flexibility index (Phi) is 5.71. The van der Waals surface area contributed by atoms with Crippen molar-refractivity contribution in [2.45, 2.75) is 18.1 Å². The number of carboxylic acid groups (broad SMARTS) is 1. The molecule has 2 aromatic heterocycles. The van der Waals surface area contributed by atoms with Crippen molar-refractivity contribution >= 4 is 23.5 Å². The van der Waals surface area contributed by atoms with Crippen molar-refractivity contribution in [1.29, 1.82) is 0 Å². The van der Waals surface area contributed by atoms with Gasteiger partial charge in [0.05, 0.1) is 22.8 Å². The van der Waals surface area contributed by atoms with E-state index >= 15 is 0 Å². The number of carboxylic acids is 1. The summed E-state index contributed by atoms with van der Waals surface area (Å²) in [6.45, 7) is 0.142. The van der Waals surface area contributed by atoms with Crippen LogP contribution in [0.4, 0.5) is 13.2 Å². The van der Waals surface area contributed by atoms with Crippen LogP contribution in [-0.2, 0) is 11.7 Å². The van der Waals surface area contributed by atoms with E-state index in [9.17, 15) is 22.8 Å². The highest BCUT2D eigenvalue weighted by molar-refractivity contribution is 6.31. The van der Waals surface area contributed by atoms with Crippen molar-refractivity contribution in [2.75, 3.05) is 6.61 Å². The van der Waals surface area contributed by atoms with E-state index in [2.05, 4.69) is 15.3 Å². The van der Waals surface area contributed by atoms with Crippen LogP contribution in [0.3, 0.4) is 0 Å². The Morgan fingerprint density at radius 1 is 1.15 bits per heavy atom. The number of rotatable bonds is 4. The topological polar surface area (TPSA) is 101 Å². The summed E-state index contributed by atoms with van der Waals surface area (Å²) >= 11 is 5.97. The van der Waals surface area contributed by atoms with Crippen LogP contribution in [0.15, 0.2) is 54.9 Å². The van der Waals surface area contributed by atoms with Gasteiger partial charge in [-0.15, -0.1) is 0 Å². The molecule has 2 N–H and O–H groups in total. The molecule has 3 aromatic rings. The molecule has 1 aromatic carbocycles. The summed E-state index contributed by atoms with van der Waals surface area (Å²) in [6, 6.07) is 8.96. The van der Waals surface area contributed by atoms with Crippen LogP contribution in [0.5, 0.6) is 5.75 Å². The third-order valence-corrected chi connectivity index (χ3v) is 5.56. The second-order valence-electron chi connectivity index (χ2n) is 7.24. The lowest BCUT2D eigenvalue weighted by Crippen LogP contribution is -2.50. The third kappa shape index (κ3) is 4.21. The molecule has 11 heteroatoms. The van der Waals surface area contributed by atoms with Gasteiger partial charge in [-0.2, -0.15) is 13.2 Å². The van der Waals surface area contributed by atoms with Gasteiger partial charge in [0.1, 0.15) is 22.7 Å². The molecule has 3 heterocycles. The van der Waals surface area contributed by atoms with E-state index in [0.717, 1.165) is 18.3 Å². The molecular weight excluding hydrogens is 463 g/mol. The molecule has 0 spiro atoms. The van der Waals surface area contributed by atoms with Crippen LogP contribution in [-0.4, -0.2) is 33.6 Å². The fourth-order valence-corrected chi connectivity index (χ4v) is 3.95. The van der Waals surface area contributed by atoms with Gasteiger partial charge in [-0.1, -0.05) is 17.7 Å². The number of carbonyl (C=O) groups is 2. The molecular formula is C22H15ClF3N3O4. The van der Waals surface area contributed by atoms with Crippen LogP contribution in [0.2, 0.25) is 5.02 Å². The number of amides is 1. The van der Waals surface area contributed by atoms with E-state index in [1.807, 2.05) is 0 Å². The highest BCUT2D eigenvalue weighted by Crippen LogP contribution is 2.43. The van der Waals surface area contributed by atoms with Gasteiger partial charge in [-0.25, -0.2) is 4.79 Å². The number of aromatic nitrogens is 2. The molecule has 4 rings (SSSR count). The average Bonchev–Trinajstić information content (AvgIpc) is 2.78. The van der Waals surface area contributed by atoms with Crippen molar-refractivity contribution in [3.63, 3.8) is 0 Å². The zero-order valence-electron chi connectivity index (χ0n) is 16.7. The molecule has 33 heavy (non-hydrogen) atoms. The summed E-state index contributed by atoms with van der Waals surface area (Å²) in [5.41, 5.74) is -1.99. The standard InChI is InChI=1S/C22H15ClF3N3O4/c23-15-10-13(4-5-14(15)22(24,25)26)21(7-9-33-17-2-1-8-27-18(17)21)29-19(30)16-6-3-12(11-28-16)20(31)32/h1-6,8,10-11H,7,9H2,(H,29,30)(H,31,32). The number of hydrogen-bond acceptors (Lipinski definition) is 5. The lowest BCUT2D eigenvalue weighted by Gasteiger charge is -2.39. The first-order valence-electron chi connectivity index (χ1n) is 9.59. The summed E-state index contributed by atoms with van der Waals surface area (Å²) in [5.74, 6) is -1.52. The Morgan fingerprint density at radius 3 is 2.58 bits per heavy atom. The van der Waals surface area contributed by atoms with E-state index in [1.165, 1.54) is 24.4 Å². The molecule has 1 aliphatic rings. The molecule has 1 amide bonds. The van der Waals surface area contributed by atoms with Crippen LogP contribution in [0.1, 0.15) is 44.1 Å². The smallest absolute Gasteiger partial charge is 0.417 e. The Balaban J connectivity index is 1.81. The van der Waals surface area contributed by atoms with Gasteiger partial charge < -0.3 is 15.2 Å². The molecule has 0 radical (unpaired) electrons. The van der Waals surface area contributed by atoms with Gasteiger partial charge in [0.2, 0.25) is 0 Å². The zero-order chi connectivity index (χ0) is 23.8. The Hall–Kier alpha value is -3.66. The van der Waals surface area contributed by atoms with Gasteiger partial charge in [-0.3, -0.25) is 14.8 Å². The third-order valence-electron chi connectivity index (χ3n) is 5.25. The minimum absolute atomic E-state index is 0.0821. The molecule has 0 fully saturated rings. The molecule has 0 aliphatic carbocycles. The van der Waals surface area contributed by atoms with Gasteiger partial charge in [0.25, 0.3) is 5.91 Å². The molecule has 1 unspecified atom stereocenters. The first-order chi connectivity index (χ1) is 15.6. The van der Waals surface area contributed by atoms with E-state index in [1.54, 1.807) is 12.1 Å². The minimum atomic E-state index is -4.65. The first kappa shape index (κ1) is 22.5. The number of nitrogens with zero attached hydrogens (tertiary/aromatic N) is 2. The number of pyridine rings is 2. The molecule has 1 aliphatic heterocycles. The van der Waals surface area contributed by atoms with Crippen LogP contribution >= 0.6 is 11.6 Å². The number of fused-ring (bicyclic) bond motifs is 1. The van der Waals surface area contributed by atoms with Gasteiger partial charge in [-0.05, 0) is 42.0 Å². The fraction of sp³-hybridized carbons (Fsp3) is 0.182. The number of alkyl halides is 3. The highest BCUT2D eigenvalue weighted by atomic mass is 35.5. The van der Waals surface area contributed by atoms with Gasteiger partial charge >= 0.3 is 12.1 Å². The molecule has 7 nitrogen and oxygen atoms in total. The zero-order valence-corrected chi connectivity index (χ0v) is 17.4. The molecule has 0 bridgehead atoms. The van der Waals surface area contributed by atoms with E-state index in [0.29, 0.717) is 11.4 Å². The number of hydrogen-bond donors (Lipinski definition) is 2. The predicted molar refractivity (Wildman–Crippen MR) is 110 cm³/mol. The summed E-state index contributed by atoms with van der Waals surface area (Å²) in [7, 11) is 0. The predicted octanol–water partition coefficient (Wildman–Crippen LogP) is 4.30. The number of benzene rings is 1. The van der Waals surface area contributed by atoms with Crippen molar-refractivity contribution in [3.05, 3.63) is 88.0 Å². The second-order valence-corrected chi connectivity index (χ2v) is 7.64. The normalized spacial score (nSPS) is 17.6. The SMILES string of the molecule is O=C(O)c1ccc(C(=O)NC2(c3ccc(C(F)(F)F)c(Cl)c3)CCOc3cccnc32)nc1. The average molecular weight is 478 g/mol. The van der Waals surface area contributed by atoms with E-state index < -0.39 is 34.2 Å². The fourth-order valence-electron chi connectivity index (χ4n) is 3.66. The maximum Gasteiger partial charge on any atom is 0.417 e. The largest absolute Gasteiger partial charge is 0.491 e. The number of carbonyl (C=O) groups excluding carboxylic acids is 1. The maximum absolute atomic E-state index is 13.2. The lowest BCUT2D eigenvalue weighted by atomic mass is 9.81. The summed E-state index contributed by atoms with van der Waals surface area (Å²) in [4.78, 5) is 32.4. The van der Waals surface area contributed by atoms with Crippen molar-refractivity contribution < 1.29 is 32.6 Å². The van der Waals surface area contributed by atoms with Crippen molar-refractivity contribution in [2.24, 2.45) is 0 Å². The summed E-state index contributed by atoms with van der Waals surface area (Å²) < 4.78 is 45.4. The van der Waals surface area contributed by atoms with E-state index in [4.69, 9.17) is 21.4 Å². The summed E-state index contributed by atoms with van der Waals surface area (Å²) in [5, 5.41) is 11.3. The van der Waals surface area contributed by atoms with Crippen LogP contribution in [0, 0.1) is 0 Å². The lowest BCUT2D eigenvalue weighted by molar-refractivity contribution is -0.137. The molecule has 170 valence electrons. The Bertz CT molecular complexity index is 1230. The molecule has 0 saturated heterocycles. The van der Waals surface area contributed by atoms with Crippen molar-refractivity contribution in [1.82, 2.24) is 15.3 Å². The number of aromatic carboxylic acids is 1. The Labute approximate surface area is 190 Å². The summed E-state index contributed by atoms with van der Waals surface area (Å²) in [6.07, 6.45) is -1.99. The second kappa shape index (κ2) is 8.36. The van der Waals surface area contributed by atoms with Gasteiger partial charge in [0, 0.05) is 18.8 Å². The molecule has 0 saturated carbocycles. The van der Waals surface area contributed by atoms with Gasteiger partial charge in [0.15, 0.2) is 0 Å². The Morgan fingerprint density at radius 2 is 1.94 bits per heavy atom. The monoisotopic (exact) mass is 477 g/mol. The quantitative estimate of drug-likeness (QED) is 0.581.